The minimum atomic E-state index is -3.56. The maximum atomic E-state index is 12.6. The van der Waals surface area contributed by atoms with Gasteiger partial charge in [0, 0.05) is 30.1 Å². The Morgan fingerprint density at radius 3 is 2.45 bits per heavy atom. The number of amides is 1. The Hall–Kier alpha value is -2.55. The molecule has 0 unspecified atom stereocenters. The fourth-order valence-electron chi connectivity index (χ4n) is 2.99. The first kappa shape index (κ1) is 23.1. The first-order valence-electron chi connectivity index (χ1n) is 10.1. The van der Waals surface area contributed by atoms with E-state index < -0.39 is 10.0 Å². The van der Waals surface area contributed by atoms with Crippen LogP contribution in [0.15, 0.2) is 52.7 Å². The van der Waals surface area contributed by atoms with Crippen LogP contribution in [-0.4, -0.2) is 37.2 Å². The van der Waals surface area contributed by atoms with Gasteiger partial charge in [-0.3, -0.25) is 10.1 Å². The Bertz CT molecular complexity index is 1170. The fraction of sp³-hybridized carbons (Fsp3) is 0.304. The van der Waals surface area contributed by atoms with Gasteiger partial charge in [0.05, 0.1) is 10.6 Å². The summed E-state index contributed by atoms with van der Waals surface area (Å²) in [6.07, 6.45) is 1.72. The second kappa shape index (κ2) is 9.72. The quantitative estimate of drug-likeness (QED) is 0.510. The largest absolute Gasteiger partial charge is 0.298 e. The molecule has 8 heteroatoms. The Labute approximate surface area is 188 Å². The van der Waals surface area contributed by atoms with Crippen LogP contribution < -0.4 is 5.32 Å². The summed E-state index contributed by atoms with van der Waals surface area (Å²) >= 11 is 1.35. The Morgan fingerprint density at radius 1 is 1.10 bits per heavy atom. The van der Waals surface area contributed by atoms with E-state index in [9.17, 15) is 13.2 Å². The molecule has 1 heterocycles. The number of sulfonamides is 1. The van der Waals surface area contributed by atoms with Crippen molar-refractivity contribution in [3.8, 4) is 11.3 Å². The zero-order chi connectivity index (χ0) is 22.6. The maximum Gasteiger partial charge on any atom is 0.257 e. The third kappa shape index (κ3) is 5.39. The molecule has 0 bridgehead atoms. The summed E-state index contributed by atoms with van der Waals surface area (Å²) in [6, 6.07) is 12.1. The van der Waals surface area contributed by atoms with E-state index in [0.717, 1.165) is 24.1 Å². The predicted molar refractivity (Wildman–Crippen MR) is 126 cm³/mol. The minimum absolute atomic E-state index is 0.175. The van der Waals surface area contributed by atoms with Gasteiger partial charge in [0.25, 0.3) is 5.91 Å². The number of carbonyl (C=O) groups is 1. The molecule has 0 saturated carbocycles. The Balaban J connectivity index is 1.70. The number of anilines is 1. The van der Waals surface area contributed by atoms with E-state index in [1.165, 1.54) is 51.0 Å². The molecule has 3 rings (SSSR count). The molecule has 1 aromatic heterocycles. The summed E-state index contributed by atoms with van der Waals surface area (Å²) in [5.41, 5.74) is 4.58. The summed E-state index contributed by atoms with van der Waals surface area (Å²) in [5, 5.41) is 5.19. The minimum Gasteiger partial charge on any atom is -0.298 e. The number of rotatable bonds is 8. The summed E-state index contributed by atoms with van der Waals surface area (Å²) in [6.45, 7) is 6.60. The molecule has 0 aliphatic rings. The van der Waals surface area contributed by atoms with Crippen molar-refractivity contribution in [3.63, 3.8) is 0 Å². The van der Waals surface area contributed by atoms with Crippen molar-refractivity contribution < 1.29 is 13.2 Å². The molecule has 3 aromatic rings. The van der Waals surface area contributed by atoms with Gasteiger partial charge in [-0.15, -0.1) is 11.3 Å². The van der Waals surface area contributed by atoms with Gasteiger partial charge < -0.3 is 0 Å². The van der Waals surface area contributed by atoms with E-state index >= 15 is 0 Å². The molecule has 2 aromatic carbocycles. The van der Waals surface area contributed by atoms with Crippen molar-refractivity contribution in [2.75, 3.05) is 18.9 Å². The van der Waals surface area contributed by atoms with Crippen LogP contribution in [0.5, 0.6) is 0 Å². The van der Waals surface area contributed by atoms with Crippen LogP contribution in [-0.2, 0) is 10.0 Å². The monoisotopic (exact) mass is 457 g/mol. The topological polar surface area (TPSA) is 79.4 Å². The van der Waals surface area contributed by atoms with Gasteiger partial charge >= 0.3 is 0 Å². The van der Waals surface area contributed by atoms with Crippen LogP contribution in [0.25, 0.3) is 11.3 Å². The number of aromatic nitrogens is 1. The van der Waals surface area contributed by atoms with Gasteiger partial charge in [0.2, 0.25) is 10.0 Å². The highest BCUT2D eigenvalue weighted by atomic mass is 32.2. The van der Waals surface area contributed by atoms with Gasteiger partial charge in [0.15, 0.2) is 5.13 Å². The zero-order valence-corrected chi connectivity index (χ0v) is 19.8. The lowest BCUT2D eigenvalue weighted by molar-refractivity contribution is 0.102. The second-order valence-corrected chi connectivity index (χ2v) is 10.4. The lowest BCUT2D eigenvalue weighted by atomic mass is 10.1. The predicted octanol–water partition coefficient (Wildman–Crippen LogP) is 5.10. The van der Waals surface area contributed by atoms with Crippen LogP contribution in [0.3, 0.4) is 0 Å². The van der Waals surface area contributed by atoms with Crippen molar-refractivity contribution in [2.45, 2.75) is 38.5 Å². The highest BCUT2D eigenvalue weighted by molar-refractivity contribution is 7.89. The Kier molecular flexibility index (Phi) is 7.25. The number of hydrogen-bond acceptors (Lipinski definition) is 5. The smallest absolute Gasteiger partial charge is 0.257 e. The molecule has 1 N–H and O–H groups in total. The molecular weight excluding hydrogens is 430 g/mol. The average molecular weight is 458 g/mol. The van der Waals surface area contributed by atoms with Gasteiger partial charge in [-0.25, -0.2) is 17.7 Å². The zero-order valence-electron chi connectivity index (χ0n) is 18.2. The number of benzene rings is 2. The number of carbonyl (C=O) groups excluding carboxylic acids is 1. The number of hydrogen-bond donors (Lipinski definition) is 1. The van der Waals surface area contributed by atoms with E-state index in [1.807, 2.05) is 18.4 Å². The number of nitrogens with one attached hydrogen (secondary N) is 1. The lowest BCUT2D eigenvalue weighted by Crippen LogP contribution is -2.28. The van der Waals surface area contributed by atoms with Crippen LogP contribution in [0.4, 0.5) is 5.13 Å². The van der Waals surface area contributed by atoms with E-state index in [1.54, 1.807) is 7.05 Å². The summed E-state index contributed by atoms with van der Waals surface area (Å²) < 4.78 is 26.6. The number of unbranched alkanes of at least 4 members (excludes halogenated alkanes) is 1. The highest BCUT2D eigenvalue weighted by Crippen LogP contribution is 2.27. The summed E-state index contributed by atoms with van der Waals surface area (Å²) in [7, 11) is -1.98. The second-order valence-electron chi connectivity index (χ2n) is 7.50. The number of thiazole rings is 1. The molecule has 164 valence electrons. The average Bonchev–Trinajstić information content (AvgIpc) is 3.22. The van der Waals surface area contributed by atoms with Crippen molar-refractivity contribution >= 4 is 32.4 Å². The van der Waals surface area contributed by atoms with E-state index in [0.29, 0.717) is 17.2 Å². The molecule has 6 nitrogen and oxygen atoms in total. The van der Waals surface area contributed by atoms with Crippen molar-refractivity contribution in [1.29, 1.82) is 0 Å². The van der Waals surface area contributed by atoms with Crippen LogP contribution in [0.1, 0.15) is 41.3 Å². The van der Waals surface area contributed by atoms with E-state index in [2.05, 4.69) is 36.3 Å². The summed E-state index contributed by atoms with van der Waals surface area (Å²) in [5.74, 6) is -0.329. The SMILES string of the molecule is CCCCN(C)S(=O)(=O)c1ccc(C(=O)Nc2nc(-c3ccc(C)c(C)c3)cs2)cc1. The van der Waals surface area contributed by atoms with Crippen molar-refractivity contribution in [2.24, 2.45) is 0 Å². The van der Waals surface area contributed by atoms with Crippen LogP contribution in [0, 0.1) is 13.8 Å². The summed E-state index contributed by atoms with van der Waals surface area (Å²) in [4.78, 5) is 17.3. The third-order valence-electron chi connectivity index (χ3n) is 5.18. The molecule has 31 heavy (non-hydrogen) atoms. The molecule has 0 atom stereocenters. The van der Waals surface area contributed by atoms with E-state index in [-0.39, 0.29) is 10.8 Å². The van der Waals surface area contributed by atoms with Gasteiger partial charge in [-0.2, -0.15) is 0 Å². The molecular formula is C23H27N3O3S2. The number of nitrogens with zero attached hydrogens (tertiary/aromatic N) is 2. The molecule has 0 spiro atoms. The standard InChI is InChI=1S/C23H27N3O3S2/c1-5-6-13-26(4)31(28,29)20-11-9-18(10-12-20)22(27)25-23-24-21(15-30-23)19-8-7-16(2)17(3)14-19/h7-12,14-15H,5-6,13H2,1-4H3,(H,24,25,27). The normalized spacial score (nSPS) is 11.6. The number of aryl methyl sites for hydroxylation is 2. The molecule has 0 radical (unpaired) electrons. The Morgan fingerprint density at radius 2 is 1.81 bits per heavy atom. The van der Waals surface area contributed by atoms with Crippen molar-refractivity contribution in [1.82, 2.24) is 9.29 Å². The third-order valence-corrected chi connectivity index (χ3v) is 7.81. The van der Waals surface area contributed by atoms with Crippen LogP contribution in [0.2, 0.25) is 0 Å². The van der Waals surface area contributed by atoms with Crippen molar-refractivity contribution in [3.05, 3.63) is 64.5 Å². The highest BCUT2D eigenvalue weighted by Gasteiger charge is 2.20. The molecule has 0 fully saturated rings. The van der Waals surface area contributed by atoms with Gasteiger partial charge in [-0.1, -0.05) is 25.5 Å². The lowest BCUT2D eigenvalue weighted by Gasteiger charge is -2.16. The molecule has 0 aliphatic heterocycles. The first-order chi connectivity index (χ1) is 14.7. The van der Waals surface area contributed by atoms with Crippen LogP contribution >= 0.6 is 11.3 Å². The molecule has 0 saturated heterocycles. The maximum absolute atomic E-state index is 12.6. The molecule has 0 aliphatic carbocycles. The van der Waals surface area contributed by atoms with Gasteiger partial charge in [0.1, 0.15) is 0 Å². The van der Waals surface area contributed by atoms with Gasteiger partial charge in [-0.05, 0) is 61.7 Å². The molecule has 1 amide bonds. The fourth-order valence-corrected chi connectivity index (χ4v) is 4.92. The van der Waals surface area contributed by atoms with E-state index in [4.69, 9.17) is 0 Å². The first-order valence-corrected chi connectivity index (χ1v) is 12.4.